The number of hydrogen-bond acceptors (Lipinski definition) is 4. The number of fused-ring (bicyclic) bond motifs is 1. The van der Waals surface area contributed by atoms with Crippen LogP contribution in [0.15, 0.2) is 30.5 Å². The maximum atomic E-state index is 12.7. The molecule has 1 aliphatic rings. The fraction of sp³-hybridized carbons (Fsp3) is 0.421. The van der Waals surface area contributed by atoms with Crippen LogP contribution in [0.2, 0.25) is 0 Å². The van der Waals surface area contributed by atoms with E-state index in [-0.39, 0.29) is 30.1 Å². The van der Waals surface area contributed by atoms with Gasteiger partial charge in [-0.05, 0) is 25.8 Å². The van der Waals surface area contributed by atoms with Gasteiger partial charge in [-0.15, -0.1) is 0 Å². The Labute approximate surface area is 146 Å². The van der Waals surface area contributed by atoms with E-state index in [1.54, 1.807) is 11.1 Å². The number of esters is 1. The van der Waals surface area contributed by atoms with Gasteiger partial charge >= 0.3 is 5.97 Å². The molecule has 1 atom stereocenters. The minimum Gasteiger partial charge on any atom is -0.469 e. The molecule has 1 amide bonds. The van der Waals surface area contributed by atoms with Gasteiger partial charge in [-0.1, -0.05) is 18.2 Å². The summed E-state index contributed by atoms with van der Waals surface area (Å²) in [7, 11) is 1.37. The quantitative estimate of drug-likeness (QED) is 0.631. The van der Waals surface area contributed by atoms with Crippen molar-refractivity contribution in [3.05, 3.63) is 36.0 Å². The molecule has 2 aromatic rings. The largest absolute Gasteiger partial charge is 0.469 e. The second-order valence-electron chi connectivity index (χ2n) is 6.45. The summed E-state index contributed by atoms with van der Waals surface area (Å²) in [6.07, 6.45) is 3.28. The highest BCUT2D eigenvalue weighted by Crippen LogP contribution is 2.23. The minimum absolute atomic E-state index is 0.0221. The molecule has 1 aromatic carbocycles. The van der Waals surface area contributed by atoms with Gasteiger partial charge in [0.25, 0.3) is 0 Å². The van der Waals surface area contributed by atoms with Crippen LogP contribution in [0.25, 0.3) is 10.9 Å². The Hall–Kier alpha value is -2.63. The van der Waals surface area contributed by atoms with Crippen LogP contribution in [0.3, 0.4) is 0 Å². The Bertz CT molecular complexity index is 824. The molecular formula is C19H22N2O4. The zero-order valence-electron chi connectivity index (χ0n) is 14.5. The summed E-state index contributed by atoms with van der Waals surface area (Å²) >= 11 is 0. The first-order chi connectivity index (χ1) is 12.0. The standard InChI is InChI=1S/C19H22N2O4/c1-13(22)16-11-21(17-8-4-3-7-15(16)17)12-18(23)20-9-5-6-14(10-20)19(24)25-2/h3-4,7-8,11,14H,5-6,9-10,12H2,1-2H3. The van der Waals surface area contributed by atoms with Crippen LogP contribution in [0, 0.1) is 5.92 Å². The maximum absolute atomic E-state index is 12.7. The number of nitrogens with zero attached hydrogens (tertiary/aromatic N) is 2. The van der Waals surface area contributed by atoms with Crippen molar-refractivity contribution < 1.29 is 19.1 Å². The number of piperidine rings is 1. The molecule has 3 rings (SSSR count). The van der Waals surface area contributed by atoms with E-state index in [4.69, 9.17) is 4.74 Å². The van der Waals surface area contributed by atoms with Crippen molar-refractivity contribution in [3.8, 4) is 0 Å². The predicted octanol–water partition coefficient (Wildman–Crippen LogP) is 2.26. The number of ether oxygens (including phenoxy) is 1. The van der Waals surface area contributed by atoms with Crippen LogP contribution in [0.5, 0.6) is 0 Å². The van der Waals surface area contributed by atoms with E-state index in [0.29, 0.717) is 18.7 Å². The molecule has 0 bridgehead atoms. The highest BCUT2D eigenvalue weighted by Gasteiger charge is 2.29. The molecule has 1 saturated heterocycles. The monoisotopic (exact) mass is 342 g/mol. The SMILES string of the molecule is COC(=O)C1CCCN(C(=O)Cn2cc(C(C)=O)c3ccccc32)C1. The smallest absolute Gasteiger partial charge is 0.310 e. The summed E-state index contributed by atoms with van der Waals surface area (Å²) in [6, 6.07) is 7.57. The second kappa shape index (κ2) is 7.09. The molecule has 2 heterocycles. The van der Waals surface area contributed by atoms with Crippen LogP contribution in [0.4, 0.5) is 0 Å². The van der Waals surface area contributed by atoms with E-state index in [2.05, 4.69) is 0 Å². The molecule has 1 aliphatic heterocycles. The first kappa shape index (κ1) is 17.2. The van der Waals surface area contributed by atoms with E-state index >= 15 is 0 Å². The van der Waals surface area contributed by atoms with Crippen molar-refractivity contribution in [2.45, 2.75) is 26.3 Å². The Balaban J connectivity index is 1.80. The van der Waals surface area contributed by atoms with Crippen molar-refractivity contribution in [1.82, 2.24) is 9.47 Å². The number of benzene rings is 1. The average Bonchev–Trinajstić information content (AvgIpc) is 3.00. The second-order valence-corrected chi connectivity index (χ2v) is 6.45. The Morgan fingerprint density at radius 1 is 1.24 bits per heavy atom. The topological polar surface area (TPSA) is 68.6 Å². The molecular weight excluding hydrogens is 320 g/mol. The van der Waals surface area contributed by atoms with Gasteiger partial charge in [0, 0.05) is 35.8 Å². The zero-order valence-corrected chi connectivity index (χ0v) is 14.5. The number of ketones is 1. The number of methoxy groups -OCH3 is 1. The third-order valence-corrected chi connectivity index (χ3v) is 4.78. The van der Waals surface area contributed by atoms with Gasteiger partial charge in [0.2, 0.25) is 5.91 Å². The number of rotatable bonds is 4. The Morgan fingerprint density at radius 2 is 2.00 bits per heavy atom. The van der Waals surface area contributed by atoms with E-state index in [9.17, 15) is 14.4 Å². The average molecular weight is 342 g/mol. The molecule has 0 N–H and O–H groups in total. The molecule has 0 aliphatic carbocycles. The lowest BCUT2D eigenvalue weighted by molar-refractivity contribution is -0.149. The zero-order chi connectivity index (χ0) is 18.0. The Morgan fingerprint density at radius 3 is 2.72 bits per heavy atom. The molecule has 0 radical (unpaired) electrons. The van der Waals surface area contributed by atoms with Crippen molar-refractivity contribution >= 4 is 28.6 Å². The van der Waals surface area contributed by atoms with Crippen LogP contribution < -0.4 is 0 Å². The number of Topliss-reactive ketones (excluding diaryl/α,β-unsaturated/α-hetero) is 1. The van der Waals surface area contributed by atoms with Crippen molar-refractivity contribution in [3.63, 3.8) is 0 Å². The highest BCUT2D eigenvalue weighted by atomic mass is 16.5. The molecule has 1 fully saturated rings. The number of amides is 1. The van der Waals surface area contributed by atoms with Gasteiger partial charge in [-0.3, -0.25) is 14.4 Å². The normalized spacial score (nSPS) is 17.5. The summed E-state index contributed by atoms with van der Waals surface area (Å²) in [6.45, 7) is 2.72. The first-order valence-corrected chi connectivity index (χ1v) is 8.45. The van der Waals surface area contributed by atoms with E-state index < -0.39 is 0 Å². The lowest BCUT2D eigenvalue weighted by Gasteiger charge is -2.31. The first-order valence-electron chi connectivity index (χ1n) is 8.45. The highest BCUT2D eigenvalue weighted by molar-refractivity contribution is 6.07. The van der Waals surface area contributed by atoms with E-state index in [1.165, 1.54) is 14.0 Å². The summed E-state index contributed by atoms with van der Waals surface area (Å²) in [4.78, 5) is 38.0. The van der Waals surface area contributed by atoms with Gasteiger partial charge in [-0.2, -0.15) is 0 Å². The number of likely N-dealkylation sites (tertiary alicyclic amines) is 1. The van der Waals surface area contributed by atoms with Crippen LogP contribution in [-0.4, -0.2) is 47.3 Å². The molecule has 25 heavy (non-hydrogen) atoms. The summed E-state index contributed by atoms with van der Waals surface area (Å²) in [5.74, 6) is -0.588. The molecule has 132 valence electrons. The van der Waals surface area contributed by atoms with Gasteiger partial charge in [0.05, 0.1) is 13.0 Å². The molecule has 6 heteroatoms. The third-order valence-electron chi connectivity index (χ3n) is 4.78. The fourth-order valence-electron chi connectivity index (χ4n) is 3.47. The van der Waals surface area contributed by atoms with Crippen molar-refractivity contribution in [2.75, 3.05) is 20.2 Å². The lowest BCUT2D eigenvalue weighted by Crippen LogP contribution is -2.43. The maximum Gasteiger partial charge on any atom is 0.310 e. The molecule has 1 unspecified atom stereocenters. The number of carbonyl (C=O) groups excluding carboxylic acids is 3. The number of para-hydroxylation sites is 1. The minimum atomic E-state index is -0.261. The van der Waals surface area contributed by atoms with Gasteiger partial charge in [0.1, 0.15) is 6.54 Å². The van der Waals surface area contributed by atoms with Crippen molar-refractivity contribution in [2.24, 2.45) is 5.92 Å². The van der Waals surface area contributed by atoms with Gasteiger partial charge in [-0.25, -0.2) is 0 Å². The lowest BCUT2D eigenvalue weighted by atomic mass is 9.98. The number of aromatic nitrogens is 1. The predicted molar refractivity (Wildman–Crippen MR) is 93.3 cm³/mol. The summed E-state index contributed by atoms with van der Waals surface area (Å²) in [5.41, 5.74) is 1.48. The van der Waals surface area contributed by atoms with Crippen molar-refractivity contribution in [1.29, 1.82) is 0 Å². The van der Waals surface area contributed by atoms with Crippen LogP contribution in [-0.2, 0) is 20.9 Å². The Kier molecular flexibility index (Phi) is 4.88. The van der Waals surface area contributed by atoms with E-state index in [0.717, 1.165) is 23.7 Å². The van der Waals surface area contributed by atoms with Crippen LogP contribution >= 0.6 is 0 Å². The van der Waals surface area contributed by atoms with Gasteiger partial charge in [0.15, 0.2) is 5.78 Å². The molecule has 0 spiro atoms. The molecule has 1 aromatic heterocycles. The summed E-state index contributed by atoms with van der Waals surface area (Å²) in [5, 5.41) is 0.855. The fourth-order valence-corrected chi connectivity index (χ4v) is 3.47. The summed E-state index contributed by atoms with van der Waals surface area (Å²) < 4.78 is 6.62. The number of hydrogen-bond donors (Lipinski definition) is 0. The third kappa shape index (κ3) is 3.43. The van der Waals surface area contributed by atoms with Gasteiger partial charge < -0.3 is 14.2 Å². The molecule has 6 nitrogen and oxygen atoms in total. The number of carbonyl (C=O) groups is 3. The molecule has 0 saturated carbocycles. The van der Waals surface area contributed by atoms with Crippen LogP contribution in [0.1, 0.15) is 30.1 Å². The van der Waals surface area contributed by atoms with E-state index in [1.807, 2.05) is 28.8 Å².